The van der Waals surface area contributed by atoms with Crippen LogP contribution in [0.2, 0.25) is 0 Å². The number of unbranched alkanes of at least 4 members (excludes halogenated alkanes) is 1. The molecule has 74 valence electrons. The van der Waals surface area contributed by atoms with Gasteiger partial charge in [0.05, 0.1) is 0 Å². The maximum atomic E-state index is 2.31. The van der Waals surface area contributed by atoms with Crippen LogP contribution in [-0.2, 0) is 0 Å². The van der Waals surface area contributed by atoms with Crippen LogP contribution < -0.4 is 24.0 Å². The predicted octanol–water partition coefficient (Wildman–Crippen LogP) is 0.984. The summed E-state index contributed by atoms with van der Waals surface area (Å²) in [7, 11) is 0. The third kappa shape index (κ3) is 4.65. The number of rotatable bonds is 4. The summed E-state index contributed by atoms with van der Waals surface area (Å²) >= 11 is 0. The van der Waals surface area contributed by atoms with Crippen LogP contribution >= 0.6 is 0 Å². The van der Waals surface area contributed by atoms with E-state index in [4.69, 9.17) is 0 Å². The Morgan fingerprint density at radius 1 is 1.15 bits per heavy atom. The second-order valence-corrected chi connectivity index (χ2v) is 3.45. The molecule has 0 saturated heterocycles. The normalized spacial score (nSPS) is 11.8. The molecular weight excluding hydrogens is 271 g/mol. The molecule has 0 bridgehead atoms. The van der Waals surface area contributed by atoms with E-state index in [1.807, 2.05) is 0 Å². The van der Waals surface area contributed by atoms with Crippen molar-refractivity contribution in [3.63, 3.8) is 0 Å². The highest BCUT2D eigenvalue weighted by molar-refractivity contribution is 5.18. The zero-order valence-corrected chi connectivity index (χ0v) is 10.6. The lowest BCUT2D eigenvalue weighted by Crippen LogP contribution is -3.00. The minimum absolute atomic E-state index is 0. The van der Waals surface area contributed by atoms with Gasteiger partial charge in [0.2, 0.25) is 0 Å². The highest BCUT2D eigenvalue weighted by atomic mass is 127. The van der Waals surface area contributed by atoms with E-state index >= 15 is 0 Å². The molecule has 0 N–H and O–H groups in total. The number of hydrogen-bond acceptors (Lipinski definition) is 0. The molecule has 0 aliphatic rings. The van der Waals surface area contributed by atoms with Crippen molar-refractivity contribution in [2.45, 2.75) is 39.0 Å². The van der Waals surface area contributed by atoms with E-state index in [1.54, 1.807) is 0 Å². The lowest BCUT2D eigenvalue weighted by atomic mass is 9.96. The average molecular weight is 289 g/mol. The number of halogens is 1. The Morgan fingerprint density at radius 2 is 1.77 bits per heavy atom. The van der Waals surface area contributed by atoms with E-state index < -0.39 is 0 Å². The molecule has 0 fully saturated rings. The van der Waals surface area contributed by atoms with Gasteiger partial charge in [-0.2, -0.15) is 0 Å². The van der Waals surface area contributed by atoms with Crippen LogP contribution in [0.4, 0.5) is 0 Å². The summed E-state index contributed by atoms with van der Waals surface area (Å²) in [6.07, 6.45) is 3.97. The molecular formula is C12H18I-. The molecule has 0 aromatic heterocycles. The number of benzene rings is 1. The Hall–Kier alpha value is -0.0500. The molecule has 1 aromatic carbocycles. The van der Waals surface area contributed by atoms with Crippen molar-refractivity contribution in [2.75, 3.05) is 0 Å². The predicted molar refractivity (Wildman–Crippen MR) is 54.4 cm³/mol. The Kier molecular flexibility index (Phi) is 7.33. The van der Waals surface area contributed by atoms with Crippen molar-refractivity contribution in [1.82, 2.24) is 0 Å². The van der Waals surface area contributed by atoms with Crippen molar-refractivity contribution in [2.24, 2.45) is 0 Å². The summed E-state index contributed by atoms with van der Waals surface area (Å²) in [6.45, 7) is 4.56. The first-order chi connectivity index (χ1) is 5.84. The summed E-state index contributed by atoms with van der Waals surface area (Å²) in [5.41, 5.74) is 1.48. The fourth-order valence-electron chi connectivity index (χ4n) is 1.46. The van der Waals surface area contributed by atoms with E-state index in [1.165, 1.54) is 24.8 Å². The SMILES string of the molecule is CCCCC(C)c1ccccc1.[I-]. The zero-order valence-electron chi connectivity index (χ0n) is 8.46. The molecule has 0 spiro atoms. The Labute approximate surface area is 98.8 Å². The van der Waals surface area contributed by atoms with E-state index in [2.05, 4.69) is 44.2 Å². The standard InChI is InChI=1S/C12H18.HI/c1-3-4-8-11(2)12-9-6-5-7-10-12;/h5-7,9-11H,3-4,8H2,1-2H3;1H/p-1. The van der Waals surface area contributed by atoms with Gasteiger partial charge >= 0.3 is 0 Å². The van der Waals surface area contributed by atoms with Crippen LogP contribution in [0.15, 0.2) is 30.3 Å². The molecule has 0 aliphatic heterocycles. The van der Waals surface area contributed by atoms with E-state index in [0.717, 1.165) is 5.92 Å². The van der Waals surface area contributed by atoms with Crippen molar-refractivity contribution in [1.29, 1.82) is 0 Å². The smallest absolute Gasteiger partial charge is 0.0190 e. The topological polar surface area (TPSA) is 0 Å². The lowest BCUT2D eigenvalue weighted by Gasteiger charge is -2.10. The molecule has 0 radical (unpaired) electrons. The van der Waals surface area contributed by atoms with E-state index in [0.29, 0.717) is 0 Å². The van der Waals surface area contributed by atoms with Crippen molar-refractivity contribution >= 4 is 0 Å². The first kappa shape index (κ1) is 12.9. The van der Waals surface area contributed by atoms with Crippen molar-refractivity contribution < 1.29 is 24.0 Å². The van der Waals surface area contributed by atoms with Gasteiger partial charge in [-0.05, 0) is 17.9 Å². The first-order valence-corrected chi connectivity index (χ1v) is 4.89. The molecule has 0 amide bonds. The number of hydrogen-bond donors (Lipinski definition) is 0. The molecule has 1 rings (SSSR count). The summed E-state index contributed by atoms with van der Waals surface area (Å²) in [5.74, 6) is 0.728. The van der Waals surface area contributed by atoms with Gasteiger partial charge in [0.15, 0.2) is 0 Å². The van der Waals surface area contributed by atoms with Gasteiger partial charge in [0.25, 0.3) is 0 Å². The molecule has 13 heavy (non-hydrogen) atoms. The fraction of sp³-hybridized carbons (Fsp3) is 0.500. The fourth-order valence-corrected chi connectivity index (χ4v) is 1.46. The van der Waals surface area contributed by atoms with Gasteiger partial charge in [-0.25, -0.2) is 0 Å². The van der Waals surface area contributed by atoms with Crippen LogP contribution in [0.25, 0.3) is 0 Å². The van der Waals surface area contributed by atoms with Crippen LogP contribution in [0, 0.1) is 0 Å². The summed E-state index contributed by atoms with van der Waals surface area (Å²) in [4.78, 5) is 0. The second kappa shape index (κ2) is 7.36. The highest BCUT2D eigenvalue weighted by Gasteiger charge is 2.02. The van der Waals surface area contributed by atoms with Gasteiger partial charge < -0.3 is 24.0 Å². The van der Waals surface area contributed by atoms with Crippen LogP contribution in [0.5, 0.6) is 0 Å². The van der Waals surface area contributed by atoms with Crippen LogP contribution in [0.1, 0.15) is 44.6 Å². The Bertz CT molecular complexity index is 206. The van der Waals surface area contributed by atoms with Gasteiger partial charge in [0, 0.05) is 0 Å². The molecule has 0 aliphatic carbocycles. The van der Waals surface area contributed by atoms with Crippen molar-refractivity contribution in [3.8, 4) is 0 Å². The molecule has 1 unspecified atom stereocenters. The van der Waals surface area contributed by atoms with Gasteiger partial charge in [0.1, 0.15) is 0 Å². The highest BCUT2D eigenvalue weighted by Crippen LogP contribution is 2.20. The molecule has 0 nitrogen and oxygen atoms in total. The van der Waals surface area contributed by atoms with E-state index in [9.17, 15) is 0 Å². The van der Waals surface area contributed by atoms with Crippen LogP contribution in [-0.4, -0.2) is 0 Å². The summed E-state index contributed by atoms with van der Waals surface area (Å²) < 4.78 is 0. The monoisotopic (exact) mass is 289 g/mol. The van der Waals surface area contributed by atoms with Crippen molar-refractivity contribution in [3.05, 3.63) is 35.9 Å². The lowest BCUT2D eigenvalue weighted by molar-refractivity contribution is -0.00000263. The summed E-state index contributed by atoms with van der Waals surface area (Å²) in [5, 5.41) is 0. The van der Waals surface area contributed by atoms with Gasteiger partial charge in [-0.3, -0.25) is 0 Å². The largest absolute Gasteiger partial charge is 1.00 e. The Morgan fingerprint density at radius 3 is 2.31 bits per heavy atom. The molecule has 1 aromatic rings. The Balaban J connectivity index is 0.00000144. The third-order valence-corrected chi connectivity index (χ3v) is 2.36. The van der Waals surface area contributed by atoms with Gasteiger partial charge in [-0.1, -0.05) is 57.0 Å². The maximum absolute atomic E-state index is 2.31. The third-order valence-electron chi connectivity index (χ3n) is 2.36. The maximum Gasteiger partial charge on any atom is -0.0190 e. The summed E-state index contributed by atoms with van der Waals surface area (Å²) in [6, 6.07) is 10.8. The minimum Gasteiger partial charge on any atom is -1.00 e. The average Bonchev–Trinajstić information content (AvgIpc) is 2.15. The quantitative estimate of drug-likeness (QED) is 0.725. The van der Waals surface area contributed by atoms with E-state index in [-0.39, 0.29) is 24.0 Å². The molecule has 0 saturated carbocycles. The first-order valence-electron chi connectivity index (χ1n) is 4.89. The second-order valence-electron chi connectivity index (χ2n) is 3.45. The van der Waals surface area contributed by atoms with Gasteiger partial charge in [-0.15, -0.1) is 0 Å². The van der Waals surface area contributed by atoms with Crippen LogP contribution in [0.3, 0.4) is 0 Å². The molecule has 0 heterocycles. The molecule has 1 heteroatoms. The minimum atomic E-state index is 0. The molecule has 1 atom stereocenters. The zero-order chi connectivity index (χ0) is 8.81.